The van der Waals surface area contributed by atoms with Gasteiger partial charge in [-0.05, 0) is 42.0 Å². The minimum Gasteiger partial charge on any atom is -0.505 e. The van der Waals surface area contributed by atoms with Gasteiger partial charge in [0.15, 0.2) is 11.4 Å². The van der Waals surface area contributed by atoms with E-state index in [-0.39, 0.29) is 5.69 Å². The maximum absolute atomic E-state index is 12.7. The van der Waals surface area contributed by atoms with Gasteiger partial charge in [0.2, 0.25) is 0 Å². The van der Waals surface area contributed by atoms with E-state index in [1.807, 2.05) is 12.1 Å². The van der Waals surface area contributed by atoms with Crippen LogP contribution < -0.4 is 10.9 Å². The lowest BCUT2D eigenvalue weighted by Gasteiger charge is -2.26. The van der Waals surface area contributed by atoms with Gasteiger partial charge in [-0.2, -0.15) is 9.78 Å². The van der Waals surface area contributed by atoms with Crippen LogP contribution in [-0.4, -0.2) is 52.0 Å². The topological polar surface area (TPSA) is 96.7 Å². The van der Waals surface area contributed by atoms with Crippen molar-refractivity contribution in [3.8, 4) is 11.4 Å². The number of hydrogen-bond donors (Lipinski definition) is 2. The first kappa shape index (κ1) is 21.2. The summed E-state index contributed by atoms with van der Waals surface area (Å²) in [6.07, 6.45) is 0. The molecular weight excluding hydrogens is 464 g/mol. The van der Waals surface area contributed by atoms with Gasteiger partial charge < -0.3 is 15.2 Å². The molecule has 3 aromatic rings. The highest BCUT2D eigenvalue weighted by molar-refractivity contribution is 9.10. The fraction of sp³-hybridized carbons (Fsp3) is 0.227. The molecule has 0 radical (unpaired) electrons. The Morgan fingerprint density at radius 3 is 2.45 bits per heavy atom. The van der Waals surface area contributed by atoms with Crippen molar-refractivity contribution in [2.24, 2.45) is 0 Å². The van der Waals surface area contributed by atoms with Crippen LogP contribution in [0.2, 0.25) is 0 Å². The number of hydrogen-bond acceptors (Lipinski definition) is 6. The molecule has 1 aliphatic heterocycles. The second-order valence-corrected chi connectivity index (χ2v) is 8.06. The predicted octanol–water partition coefficient (Wildman–Crippen LogP) is 2.79. The molecule has 2 aromatic carbocycles. The van der Waals surface area contributed by atoms with Crippen molar-refractivity contribution in [1.82, 2.24) is 14.7 Å². The Morgan fingerprint density at radius 1 is 1.10 bits per heavy atom. The average molecular weight is 485 g/mol. The molecule has 1 amide bonds. The van der Waals surface area contributed by atoms with Crippen LogP contribution in [0.25, 0.3) is 5.69 Å². The van der Waals surface area contributed by atoms with Gasteiger partial charge in [-0.25, -0.2) is 0 Å². The summed E-state index contributed by atoms with van der Waals surface area (Å²) in [5, 5.41) is 16.9. The van der Waals surface area contributed by atoms with Gasteiger partial charge in [-0.3, -0.25) is 14.5 Å². The largest absolute Gasteiger partial charge is 0.505 e. The van der Waals surface area contributed by atoms with Gasteiger partial charge in [0.05, 0.1) is 18.9 Å². The van der Waals surface area contributed by atoms with Crippen molar-refractivity contribution in [3.05, 3.63) is 80.7 Å². The van der Waals surface area contributed by atoms with Gasteiger partial charge in [-0.15, -0.1) is 0 Å². The minimum absolute atomic E-state index is 0.236. The van der Waals surface area contributed by atoms with Crippen LogP contribution >= 0.6 is 15.9 Å². The number of morpholine rings is 1. The van der Waals surface area contributed by atoms with Gasteiger partial charge in [0, 0.05) is 35.9 Å². The molecule has 0 unspecified atom stereocenters. The summed E-state index contributed by atoms with van der Waals surface area (Å²) < 4.78 is 7.28. The molecule has 1 saturated heterocycles. The molecule has 0 aliphatic carbocycles. The molecule has 1 aromatic heterocycles. The molecule has 4 rings (SSSR count). The third-order valence-corrected chi connectivity index (χ3v) is 5.45. The summed E-state index contributed by atoms with van der Waals surface area (Å²) in [7, 11) is 0. The number of aromatic nitrogens is 2. The number of carbonyl (C=O) groups excluding carboxylic acids is 1. The smallest absolute Gasteiger partial charge is 0.279 e. The van der Waals surface area contributed by atoms with E-state index in [9.17, 15) is 14.7 Å². The minimum atomic E-state index is -0.607. The Hall–Kier alpha value is -3.01. The molecule has 8 nitrogen and oxygen atoms in total. The Kier molecular flexibility index (Phi) is 6.45. The van der Waals surface area contributed by atoms with Crippen LogP contribution in [0.1, 0.15) is 16.1 Å². The van der Waals surface area contributed by atoms with Crippen molar-refractivity contribution in [2.45, 2.75) is 6.54 Å². The maximum atomic E-state index is 12.7. The lowest BCUT2D eigenvalue weighted by molar-refractivity contribution is 0.0342. The zero-order valence-electron chi connectivity index (χ0n) is 16.6. The Morgan fingerprint density at radius 2 is 1.77 bits per heavy atom. The van der Waals surface area contributed by atoms with E-state index in [2.05, 4.69) is 31.2 Å². The highest BCUT2D eigenvalue weighted by atomic mass is 79.9. The maximum Gasteiger partial charge on any atom is 0.279 e. The summed E-state index contributed by atoms with van der Waals surface area (Å²) in [4.78, 5) is 27.3. The van der Waals surface area contributed by atoms with Gasteiger partial charge in [-0.1, -0.05) is 28.1 Å². The molecule has 2 N–H and O–H groups in total. The molecule has 1 fully saturated rings. The zero-order valence-corrected chi connectivity index (χ0v) is 18.2. The van der Waals surface area contributed by atoms with E-state index in [0.29, 0.717) is 11.4 Å². The number of ether oxygens (including phenoxy) is 1. The normalized spacial score (nSPS) is 14.4. The SMILES string of the molecule is O=C(Nc1ccc(CN2CCOCC2)cc1)c1nn(-c2ccc(Br)cc2)c(=O)cc1O. The number of rotatable bonds is 5. The number of aromatic hydroxyl groups is 1. The van der Waals surface area contributed by atoms with Crippen molar-refractivity contribution >= 4 is 27.5 Å². The van der Waals surface area contributed by atoms with Crippen molar-refractivity contribution in [2.75, 3.05) is 31.6 Å². The van der Waals surface area contributed by atoms with E-state index in [1.165, 1.54) is 0 Å². The van der Waals surface area contributed by atoms with Crippen LogP contribution in [0.4, 0.5) is 5.69 Å². The first-order valence-corrected chi connectivity index (χ1v) is 10.6. The van der Waals surface area contributed by atoms with Crippen molar-refractivity contribution < 1.29 is 14.6 Å². The number of nitrogens with one attached hydrogen (secondary N) is 1. The van der Waals surface area contributed by atoms with E-state index in [0.717, 1.165) is 53.6 Å². The van der Waals surface area contributed by atoms with Crippen LogP contribution in [0.15, 0.2) is 63.9 Å². The monoisotopic (exact) mass is 484 g/mol. The lowest BCUT2D eigenvalue weighted by atomic mass is 10.2. The standard InChI is InChI=1S/C22H21BrN4O4/c23-16-3-7-18(8-4-16)27-20(29)13-19(28)21(25-27)22(30)24-17-5-1-15(2-6-17)14-26-9-11-31-12-10-26/h1-8,13,28H,9-12,14H2,(H,24,30). The van der Waals surface area contributed by atoms with Gasteiger partial charge >= 0.3 is 0 Å². The van der Waals surface area contributed by atoms with E-state index in [1.54, 1.807) is 36.4 Å². The van der Waals surface area contributed by atoms with E-state index >= 15 is 0 Å². The molecule has 9 heteroatoms. The second kappa shape index (κ2) is 9.42. The quantitative estimate of drug-likeness (QED) is 0.577. The Balaban J connectivity index is 1.49. The predicted molar refractivity (Wildman–Crippen MR) is 120 cm³/mol. The van der Waals surface area contributed by atoms with E-state index < -0.39 is 17.2 Å². The van der Waals surface area contributed by atoms with Crippen LogP contribution in [0, 0.1) is 0 Å². The molecule has 1 aliphatic rings. The summed E-state index contributed by atoms with van der Waals surface area (Å²) in [5.74, 6) is -1.08. The molecule has 0 bridgehead atoms. The van der Waals surface area contributed by atoms with Crippen LogP contribution in [-0.2, 0) is 11.3 Å². The number of halogens is 1. The fourth-order valence-electron chi connectivity index (χ4n) is 3.28. The molecule has 0 saturated carbocycles. The number of anilines is 1. The first-order valence-electron chi connectivity index (χ1n) is 9.79. The number of nitrogens with zero attached hydrogens (tertiary/aromatic N) is 3. The third-order valence-electron chi connectivity index (χ3n) is 4.92. The molecule has 160 valence electrons. The Bertz CT molecular complexity index is 1120. The molecular formula is C22H21BrN4O4. The summed E-state index contributed by atoms with van der Waals surface area (Å²) in [6, 6.07) is 15.4. The zero-order chi connectivity index (χ0) is 21.8. The first-order chi connectivity index (χ1) is 15.0. The summed E-state index contributed by atoms with van der Waals surface area (Å²) >= 11 is 3.34. The van der Waals surface area contributed by atoms with Crippen LogP contribution in [0.5, 0.6) is 5.75 Å². The highest BCUT2D eigenvalue weighted by Gasteiger charge is 2.17. The summed E-state index contributed by atoms with van der Waals surface area (Å²) in [6.45, 7) is 4.10. The number of carbonyl (C=O) groups is 1. The number of benzene rings is 2. The van der Waals surface area contributed by atoms with E-state index in [4.69, 9.17) is 4.74 Å². The summed E-state index contributed by atoms with van der Waals surface area (Å²) in [5.41, 5.74) is 1.40. The van der Waals surface area contributed by atoms with Crippen molar-refractivity contribution in [3.63, 3.8) is 0 Å². The third kappa shape index (κ3) is 5.19. The van der Waals surface area contributed by atoms with Gasteiger partial charge in [0.25, 0.3) is 11.5 Å². The fourth-order valence-corrected chi connectivity index (χ4v) is 3.54. The lowest BCUT2D eigenvalue weighted by Crippen LogP contribution is -2.35. The van der Waals surface area contributed by atoms with Crippen LogP contribution in [0.3, 0.4) is 0 Å². The molecule has 31 heavy (non-hydrogen) atoms. The van der Waals surface area contributed by atoms with Crippen molar-refractivity contribution in [1.29, 1.82) is 0 Å². The highest BCUT2D eigenvalue weighted by Crippen LogP contribution is 2.18. The molecule has 0 spiro atoms. The average Bonchev–Trinajstić information content (AvgIpc) is 2.77. The van der Waals surface area contributed by atoms with Gasteiger partial charge in [0.1, 0.15) is 0 Å². The Labute approximate surface area is 187 Å². The second-order valence-electron chi connectivity index (χ2n) is 7.14. The number of amides is 1. The molecule has 0 atom stereocenters. The molecule has 2 heterocycles.